The summed E-state index contributed by atoms with van der Waals surface area (Å²) in [5, 5.41) is 0. The van der Waals surface area contributed by atoms with Crippen LogP contribution in [0, 0.1) is 6.92 Å². The Morgan fingerprint density at radius 1 is 1.35 bits per heavy atom. The fourth-order valence-corrected chi connectivity index (χ4v) is 2.48. The fraction of sp³-hybridized carbons (Fsp3) is 0.571. The van der Waals surface area contributed by atoms with E-state index in [4.69, 9.17) is 10.5 Å². The highest BCUT2D eigenvalue weighted by atomic mass is 16.5. The van der Waals surface area contributed by atoms with Gasteiger partial charge in [0.2, 0.25) is 0 Å². The van der Waals surface area contributed by atoms with Crippen LogP contribution in [0.15, 0.2) is 18.2 Å². The van der Waals surface area contributed by atoms with E-state index in [1.54, 1.807) is 7.11 Å². The molecule has 17 heavy (non-hydrogen) atoms. The number of para-hydroxylation sites is 1. The van der Waals surface area contributed by atoms with Crippen molar-refractivity contribution < 1.29 is 4.74 Å². The summed E-state index contributed by atoms with van der Waals surface area (Å²) in [5.41, 5.74) is 8.41. The van der Waals surface area contributed by atoms with Gasteiger partial charge in [0.05, 0.1) is 7.11 Å². The van der Waals surface area contributed by atoms with Crippen LogP contribution < -0.4 is 10.5 Å². The van der Waals surface area contributed by atoms with Gasteiger partial charge in [-0.1, -0.05) is 18.2 Å². The van der Waals surface area contributed by atoms with E-state index in [9.17, 15) is 0 Å². The molecule has 0 bridgehead atoms. The lowest BCUT2D eigenvalue weighted by molar-refractivity contribution is 0.203. The third kappa shape index (κ3) is 2.99. The Morgan fingerprint density at radius 3 is 2.71 bits per heavy atom. The van der Waals surface area contributed by atoms with Crippen molar-refractivity contribution in [3.63, 3.8) is 0 Å². The third-order valence-electron chi connectivity index (χ3n) is 3.52. The first-order valence-electron chi connectivity index (χ1n) is 6.31. The van der Waals surface area contributed by atoms with Crippen LogP contribution in [0.3, 0.4) is 0 Å². The molecule has 0 aliphatic carbocycles. The van der Waals surface area contributed by atoms with Crippen LogP contribution in [0.25, 0.3) is 0 Å². The molecule has 0 spiro atoms. The van der Waals surface area contributed by atoms with Gasteiger partial charge >= 0.3 is 0 Å². The predicted octanol–water partition coefficient (Wildman–Crippen LogP) is 1.93. The van der Waals surface area contributed by atoms with Gasteiger partial charge < -0.3 is 10.5 Å². The van der Waals surface area contributed by atoms with Crippen LogP contribution in [-0.4, -0.2) is 31.1 Å². The zero-order valence-corrected chi connectivity index (χ0v) is 10.8. The zero-order chi connectivity index (χ0) is 12.3. The first-order chi connectivity index (χ1) is 8.20. The number of methoxy groups -OCH3 is 1. The predicted molar refractivity (Wildman–Crippen MR) is 70.2 cm³/mol. The molecule has 1 aromatic rings. The minimum absolute atomic E-state index is 0.394. The number of aryl methyl sites for hydroxylation is 1. The topological polar surface area (TPSA) is 38.5 Å². The number of hydrogen-bond acceptors (Lipinski definition) is 3. The van der Waals surface area contributed by atoms with Gasteiger partial charge in [0.1, 0.15) is 5.75 Å². The maximum Gasteiger partial charge on any atom is 0.126 e. The second kappa shape index (κ2) is 5.52. The Balaban J connectivity index is 2.05. The highest BCUT2D eigenvalue weighted by molar-refractivity contribution is 5.40. The summed E-state index contributed by atoms with van der Waals surface area (Å²) in [6.07, 6.45) is 2.21. The lowest BCUT2D eigenvalue weighted by atomic mass is 10.0. The molecule has 0 amide bonds. The van der Waals surface area contributed by atoms with Crippen LogP contribution in [0.1, 0.15) is 24.0 Å². The molecule has 1 saturated heterocycles. The van der Waals surface area contributed by atoms with E-state index in [1.165, 1.54) is 11.1 Å². The summed E-state index contributed by atoms with van der Waals surface area (Å²) in [5.74, 6) is 1.03. The molecule has 2 N–H and O–H groups in total. The zero-order valence-electron chi connectivity index (χ0n) is 10.8. The van der Waals surface area contributed by atoms with Gasteiger partial charge in [0, 0.05) is 18.2 Å². The summed E-state index contributed by atoms with van der Waals surface area (Å²) < 4.78 is 5.49. The second-order valence-electron chi connectivity index (χ2n) is 4.88. The third-order valence-corrected chi connectivity index (χ3v) is 3.52. The largest absolute Gasteiger partial charge is 0.496 e. The lowest BCUT2D eigenvalue weighted by Gasteiger charge is -2.30. The van der Waals surface area contributed by atoms with Gasteiger partial charge in [-0.3, -0.25) is 4.90 Å². The van der Waals surface area contributed by atoms with E-state index >= 15 is 0 Å². The number of likely N-dealkylation sites (tertiary alicyclic amines) is 1. The van der Waals surface area contributed by atoms with Crippen molar-refractivity contribution in [1.82, 2.24) is 4.90 Å². The smallest absolute Gasteiger partial charge is 0.126 e. The maximum absolute atomic E-state index is 5.92. The Labute approximate surface area is 104 Å². The quantitative estimate of drug-likeness (QED) is 0.868. The van der Waals surface area contributed by atoms with E-state index in [2.05, 4.69) is 30.0 Å². The van der Waals surface area contributed by atoms with Gasteiger partial charge in [-0.25, -0.2) is 0 Å². The van der Waals surface area contributed by atoms with Gasteiger partial charge in [-0.2, -0.15) is 0 Å². The second-order valence-corrected chi connectivity index (χ2v) is 4.88. The lowest BCUT2D eigenvalue weighted by Crippen LogP contribution is -2.39. The molecule has 3 nitrogen and oxygen atoms in total. The van der Waals surface area contributed by atoms with Crippen LogP contribution >= 0.6 is 0 Å². The van der Waals surface area contributed by atoms with Gasteiger partial charge in [0.25, 0.3) is 0 Å². The molecule has 2 rings (SSSR count). The molecule has 0 radical (unpaired) electrons. The van der Waals surface area contributed by atoms with Gasteiger partial charge in [0.15, 0.2) is 0 Å². The Kier molecular flexibility index (Phi) is 4.02. The minimum Gasteiger partial charge on any atom is -0.496 e. The molecule has 1 aromatic carbocycles. The molecule has 3 heteroatoms. The van der Waals surface area contributed by atoms with Crippen molar-refractivity contribution in [2.75, 3.05) is 20.2 Å². The van der Waals surface area contributed by atoms with Gasteiger partial charge in [-0.15, -0.1) is 0 Å². The molecular formula is C14H22N2O. The van der Waals surface area contributed by atoms with Crippen LogP contribution in [0.4, 0.5) is 0 Å². The highest BCUT2D eigenvalue weighted by Gasteiger charge is 2.17. The van der Waals surface area contributed by atoms with Crippen LogP contribution in [0.2, 0.25) is 0 Å². The fourth-order valence-electron chi connectivity index (χ4n) is 2.48. The molecule has 0 atom stereocenters. The van der Waals surface area contributed by atoms with Crippen LogP contribution in [0.5, 0.6) is 5.75 Å². The molecule has 1 fully saturated rings. The highest BCUT2D eigenvalue weighted by Crippen LogP contribution is 2.25. The summed E-state index contributed by atoms with van der Waals surface area (Å²) in [4.78, 5) is 2.46. The van der Waals surface area contributed by atoms with E-state index in [1.807, 2.05) is 0 Å². The Bertz CT molecular complexity index is 370. The number of benzene rings is 1. The average molecular weight is 234 g/mol. The van der Waals surface area contributed by atoms with E-state index < -0.39 is 0 Å². The summed E-state index contributed by atoms with van der Waals surface area (Å²) in [6, 6.07) is 6.74. The normalized spacial score (nSPS) is 18.3. The van der Waals surface area contributed by atoms with Crippen LogP contribution in [-0.2, 0) is 6.54 Å². The molecule has 0 aromatic heterocycles. The van der Waals surface area contributed by atoms with Gasteiger partial charge in [-0.05, 0) is 38.4 Å². The summed E-state index contributed by atoms with van der Waals surface area (Å²) >= 11 is 0. The number of rotatable bonds is 3. The molecule has 94 valence electrons. The number of nitrogens with zero attached hydrogens (tertiary/aromatic N) is 1. The Hall–Kier alpha value is -1.06. The monoisotopic (exact) mass is 234 g/mol. The molecule has 1 heterocycles. The number of piperidine rings is 1. The van der Waals surface area contributed by atoms with Crippen molar-refractivity contribution in [3.8, 4) is 5.75 Å². The first-order valence-corrected chi connectivity index (χ1v) is 6.31. The standard InChI is InChI=1S/C14H22N2O/c1-11-4-3-5-12(14(11)17-2)10-16-8-6-13(15)7-9-16/h3-5,13H,6-10,15H2,1-2H3. The average Bonchev–Trinajstić information content (AvgIpc) is 2.32. The van der Waals surface area contributed by atoms with E-state index in [-0.39, 0.29) is 0 Å². The minimum atomic E-state index is 0.394. The van der Waals surface area contributed by atoms with E-state index in [0.717, 1.165) is 38.2 Å². The maximum atomic E-state index is 5.92. The van der Waals surface area contributed by atoms with E-state index in [0.29, 0.717) is 6.04 Å². The van der Waals surface area contributed by atoms with Crippen molar-refractivity contribution in [1.29, 1.82) is 0 Å². The molecular weight excluding hydrogens is 212 g/mol. The number of hydrogen-bond donors (Lipinski definition) is 1. The van der Waals surface area contributed by atoms with Crippen molar-refractivity contribution in [2.45, 2.75) is 32.4 Å². The molecule has 1 aliphatic heterocycles. The Morgan fingerprint density at radius 2 is 2.06 bits per heavy atom. The SMILES string of the molecule is COc1c(C)cccc1CN1CCC(N)CC1. The summed E-state index contributed by atoms with van der Waals surface area (Å²) in [7, 11) is 1.75. The first kappa shape index (κ1) is 12.4. The van der Waals surface area contributed by atoms with Crippen molar-refractivity contribution >= 4 is 0 Å². The molecule has 0 saturated carbocycles. The molecule has 0 unspecified atom stereocenters. The number of ether oxygens (including phenoxy) is 1. The molecule has 1 aliphatic rings. The van der Waals surface area contributed by atoms with Crippen molar-refractivity contribution in [2.24, 2.45) is 5.73 Å². The number of nitrogens with two attached hydrogens (primary N) is 1. The summed E-state index contributed by atoms with van der Waals surface area (Å²) in [6.45, 7) is 5.25. The van der Waals surface area contributed by atoms with Crippen molar-refractivity contribution in [3.05, 3.63) is 29.3 Å².